The topological polar surface area (TPSA) is 35.9 Å². The third-order valence-corrected chi connectivity index (χ3v) is 5.52. The zero-order valence-corrected chi connectivity index (χ0v) is 16.7. The maximum absolute atomic E-state index is 12.6. The quantitative estimate of drug-likeness (QED) is 0.764. The number of urea groups is 1. The number of halogens is 1. The number of amides is 2. The Kier molecular flexibility index (Phi) is 6.25. The number of anilines is 1. The Bertz CT molecular complexity index is 798. The summed E-state index contributed by atoms with van der Waals surface area (Å²) < 4.78 is 0. The van der Waals surface area contributed by atoms with Crippen molar-refractivity contribution < 1.29 is 4.79 Å². The first-order valence-electron chi connectivity index (χ1n) is 8.25. The normalized spacial score (nSPS) is 13.4. The molecule has 1 aliphatic heterocycles. The zero-order chi connectivity index (χ0) is 17.3. The number of aliphatic imine (C=N–C) groups is 1. The molecular formula is C19H24ClN3OS. The van der Waals surface area contributed by atoms with Gasteiger partial charge in [-0.25, -0.2) is 4.79 Å². The summed E-state index contributed by atoms with van der Waals surface area (Å²) in [7, 11) is 3.59. The van der Waals surface area contributed by atoms with E-state index in [9.17, 15) is 4.79 Å². The van der Waals surface area contributed by atoms with Crippen LogP contribution in [0.15, 0.2) is 35.3 Å². The molecule has 1 aliphatic rings. The highest BCUT2D eigenvalue weighted by molar-refractivity contribution is 7.16. The number of thiophene rings is 1. The minimum Gasteiger partial charge on any atom is -0.330 e. The second-order valence-corrected chi connectivity index (χ2v) is 7.27. The fourth-order valence-corrected chi connectivity index (χ4v) is 4.03. The lowest BCUT2D eigenvalue weighted by atomic mass is 9.99. The number of hydrogen-bond acceptors (Lipinski definition) is 3. The van der Waals surface area contributed by atoms with Crippen molar-refractivity contribution in [1.29, 1.82) is 0 Å². The van der Waals surface area contributed by atoms with Crippen LogP contribution in [0.5, 0.6) is 0 Å². The van der Waals surface area contributed by atoms with Gasteiger partial charge in [-0.3, -0.25) is 9.89 Å². The van der Waals surface area contributed by atoms with Crippen molar-refractivity contribution in [3.8, 4) is 0 Å². The summed E-state index contributed by atoms with van der Waals surface area (Å²) in [6.45, 7) is 5.49. The Morgan fingerprint density at radius 3 is 2.64 bits per heavy atom. The maximum atomic E-state index is 12.6. The van der Waals surface area contributed by atoms with Gasteiger partial charge < -0.3 is 4.90 Å². The molecule has 1 aromatic carbocycles. The molecule has 0 saturated heterocycles. The van der Waals surface area contributed by atoms with Gasteiger partial charge in [0.1, 0.15) is 5.00 Å². The monoisotopic (exact) mass is 377 g/mol. The number of benzene rings is 1. The summed E-state index contributed by atoms with van der Waals surface area (Å²) in [4.78, 5) is 22.3. The number of hydrogen-bond donors (Lipinski definition) is 0. The molecule has 0 radical (unpaired) electrons. The number of nitrogens with zero attached hydrogens (tertiary/aromatic N) is 3. The molecular weight excluding hydrogens is 354 g/mol. The van der Waals surface area contributed by atoms with Gasteiger partial charge in [0.05, 0.1) is 12.3 Å². The first-order chi connectivity index (χ1) is 11.5. The SMILES string of the molecule is CCc1cc2c(s1)N(C(=O)N(C)C)CCN=C2c1ccccc1C.Cl. The van der Waals surface area contributed by atoms with Gasteiger partial charge in [0.15, 0.2) is 0 Å². The van der Waals surface area contributed by atoms with E-state index >= 15 is 0 Å². The summed E-state index contributed by atoms with van der Waals surface area (Å²) in [6, 6.07) is 10.5. The molecule has 2 amide bonds. The van der Waals surface area contributed by atoms with E-state index in [0.717, 1.165) is 28.3 Å². The van der Waals surface area contributed by atoms with Crippen molar-refractivity contribution in [3.63, 3.8) is 0 Å². The molecule has 0 unspecified atom stereocenters. The van der Waals surface area contributed by atoms with Crippen LogP contribution in [0.4, 0.5) is 9.80 Å². The summed E-state index contributed by atoms with van der Waals surface area (Å²) in [5.74, 6) is 0. The molecule has 6 heteroatoms. The second-order valence-electron chi connectivity index (χ2n) is 6.16. The van der Waals surface area contributed by atoms with Crippen molar-refractivity contribution in [2.24, 2.45) is 4.99 Å². The number of carbonyl (C=O) groups excluding carboxylic acids is 1. The van der Waals surface area contributed by atoms with E-state index in [4.69, 9.17) is 4.99 Å². The van der Waals surface area contributed by atoms with Crippen LogP contribution in [0, 0.1) is 6.92 Å². The van der Waals surface area contributed by atoms with Crippen LogP contribution < -0.4 is 4.90 Å². The van der Waals surface area contributed by atoms with Gasteiger partial charge in [-0.2, -0.15) is 0 Å². The standard InChI is InChI=1S/C19H23N3OS.ClH/c1-5-14-12-16-17(15-9-7-6-8-13(15)2)20-10-11-22(18(16)24-14)19(23)21(3)4;/h6-9,12H,5,10-11H2,1-4H3;1H. The predicted octanol–water partition coefficient (Wildman–Crippen LogP) is 4.38. The van der Waals surface area contributed by atoms with Crippen molar-refractivity contribution >= 4 is 40.5 Å². The summed E-state index contributed by atoms with van der Waals surface area (Å²) in [6.07, 6.45) is 0.961. The number of carbonyl (C=O) groups is 1. The summed E-state index contributed by atoms with van der Waals surface area (Å²) in [5.41, 5.74) is 4.45. The molecule has 0 atom stereocenters. The van der Waals surface area contributed by atoms with Gasteiger partial charge in [0.25, 0.3) is 0 Å². The molecule has 3 rings (SSSR count). The van der Waals surface area contributed by atoms with E-state index in [1.165, 1.54) is 10.4 Å². The molecule has 0 fully saturated rings. The van der Waals surface area contributed by atoms with Crippen molar-refractivity contribution in [3.05, 3.63) is 51.9 Å². The minimum absolute atomic E-state index is 0. The Labute approximate surface area is 159 Å². The highest BCUT2D eigenvalue weighted by atomic mass is 35.5. The van der Waals surface area contributed by atoms with Gasteiger partial charge >= 0.3 is 6.03 Å². The highest BCUT2D eigenvalue weighted by Gasteiger charge is 2.27. The lowest BCUT2D eigenvalue weighted by Crippen LogP contribution is -2.40. The zero-order valence-electron chi connectivity index (χ0n) is 15.1. The van der Waals surface area contributed by atoms with Gasteiger partial charge in [-0.05, 0) is 25.0 Å². The third-order valence-electron chi connectivity index (χ3n) is 4.22. The van der Waals surface area contributed by atoms with Crippen LogP contribution in [-0.4, -0.2) is 43.8 Å². The van der Waals surface area contributed by atoms with Gasteiger partial charge in [0, 0.05) is 36.6 Å². The highest BCUT2D eigenvalue weighted by Crippen LogP contribution is 2.36. The van der Waals surface area contributed by atoms with Crippen LogP contribution in [0.2, 0.25) is 0 Å². The molecule has 0 aliphatic carbocycles. The molecule has 4 nitrogen and oxygen atoms in total. The first kappa shape index (κ1) is 19.5. The van der Waals surface area contributed by atoms with E-state index in [2.05, 4.69) is 32.0 Å². The Morgan fingerprint density at radius 1 is 1.28 bits per heavy atom. The van der Waals surface area contributed by atoms with Crippen molar-refractivity contribution in [1.82, 2.24) is 4.90 Å². The van der Waals surface area contributed by atoms with Gasteiger partial charge in [0.2, 0.25) is 0 Å². The van der Waals surface area contributed by atoms with Crippen LogP contribution >= 0.6 is 23.7 Å². The molecule has 0 spiro atoms. The van der Waals surface area contributed by atoms with Crippen LogP contribution in [0.25, 0.3) is 0 Å². The van der Waals surface area contributed by atoms with E-state index in [1.807, 2.05) is 17.0 Å². The molecule has 2 heterocycles. The molecule has 1 aromatic heterocycles. The van der Waals surface area contributed by atoms with Gasteiger partial charge in [-0.15, -0.1) is 23.7 Å². The lowest BCUT2D eigenvalue weighted by molar-refractivity contribution is 0.224. The van der Waals surface area contributed by atoms with Gasteiger partial charge in [-0.1, -0.05) is 31.2 Å². The molecule has 134 valence electrons. The predicted molar refractivity (Wildman–Crippen MR) is 109 cm³/mol. The van der Waals surface area contributed by atoms with Crippen molar-refractivity contribution in [2.75, 3.05) is 32.1 Å². The molecule has 2 aromatic rings. The smallest absolute Gasteiger partial charge is 0.324 e. The largest absolute Gasteiger partial charge is 0.330 e. The Morgan fingerprint density at radius 2 is 2.00 bits per heavy atom. The third kappa shape index (κ3) is 3.72. The fraction of sp³-hybridized carbons (Fsp3) is 0.368. The number of fused-ring (bicyclic) bond motifs is 1. The van der Waals surface area contributed by atoms with Crippen molar-refractivity contribution in [2.45, 2.75) is 20.3 Å². The summed E-state index contributed by atoms with van der Waals surface area (Å²) >= 11 is 1.70. The van der Waals surface area contributed by atoms with E-state index < -0.39 is 0 Å². The van der Waals surface area contributed by atoms with E-state index in [1.54, 1.807) is 30.3 Å². The molecule has 0 N–H and O–H groups in total. The fourth-order valence-electron chi connectivity index (χ4n) is 2.92. The average molecular weight is 378 g/mol. The van der Waals surface area contributed by atoms with Crippen LogP contribution in [0.1, 0.15) is 28.5 Å². The number of rotatable bonds is 2. The van der Waals surface area contributed by atoms with Crippen LogP contribution in [0.3, 0.4) is 0 Å². The summed E-state index contributed by atoms with van der Waals surface area (Å²) in [5, 5.41) is 1.02. The molecule has 0 bridgehead atoms. The Hall–Kier alpha value is -1.85. The maximum Gasteiger partial charge on any atom is 0.324 e. The van der Waals surface area contributed by atoms with E-state index in [0.29, 0.717) is 13.1 Å². The average Bonchev–Trinajstić information content (AvgIpc) is 2.92. The number of aryl methyl sites for hydroxylation is 2. The first-order valence-corrected chi connectivity index (χ1v) is 9.07. The van der Waals surface area contributed by atoms with Crippen LogP contribution in [-0.2, 0) is 6.42 Å². The lowest BCUT2D eigenvalue weighted by Gasteiger charge is -2.24. The second kappa shape index (κ2) is 8.02. The van der Waals surface area contributed by atoms with E-state index in [-0.39, 0.29) is 18.4 Å². The minimum atomic E-state index is 0. The Balaban J connectivity index is 0.00000225. The molecule has 0 saturated carbocycles. The molecule has 25 heavy (non-hydrogen) atoms.